The van der Waals surface area contributed by atoms with Crippen molar-refractivity contribution in [1.29, 1.82) is 0 Å². The molecular weight excluding hydrogens is 318 g/mol. The van der Waals surface area contributed by atoms with E-state index in [1.165, 1.54) is 24.4 Å². The number of rotatable bonds is 3. The molecule has 0 bridgehead atoms. The smallest absolute Gasteiger partial charge is 0.335 e. The minimum atomic E-state index is -1.11. The van der Waals surface area contributed by atoms with Gasteiger partial charge in [0.15, 0.2) is 5.78 Å². The van der Waals surface area contributed by atoms with Crippen molar-refractivity contribution in [2.45, 2.75) is 0 Å². The molecule has 5 nitrogen and oxygen atoms in total. The average molecular weight is 328 g/mol. The molecule has 23 heavy (non-hydrogen) atoms. The number of carboxylic acid groups (broad SMARTS) is 1. The maximum atomic E-state index is 12.3. The highest BCUT2D eigenvalue weighted by Crippen LogP contribution is 2.31. The van der Waals surface area contributed by atoms with Crippen LogP contribution in [0.1, 0.15) is 26.3 Å². The van der Waals surface area contributed by atoms with E-state index < -0.39 is 5.97 Å². The van der Waals surface area contributed by atoms with Crippen LogP contribution in [0.15, 0.2) is 53.0 Å². The maximum absolute atomic E-state index is 12.3. The minimum absolute atomic E-state index is 0.0285. The summed E-state index contributed by atoms with van der Waals surface area (Å²) in [6.45, 7) is 0. The number of hydrogen-bond acceptors (Lipinski definition) is 4. The number of aromatic carboxylic acids is 1. The zero-order valence-electron chi connectivity index (χ0n) is 11.7. The second kappa shape index (κ2) is 5.70. The van der Waals surface area contributed by atoms with Gasteiger partial charge in [0.05, 0.1) is 21.8 Å². The summed E-state index contributed by atoms with van der Waals surface area (Å²) < 4.78 is 0. The third-order valence-corrected chi connectivity index (χ3v) is 3.77. The highest BCUT2D eigenvalue weighted by Gasteiger charge is 2.27. The summed E-state index contributed by atoms with van der Waals surface area (Å²) in [6, 6.07) is 10.8. The summed E-state index contributed by atoms with van der Waals surface area (Å²) in [6.07, 6.45) is 1.20. The van der Waals surface area contributed by atoms with E-state index in [0.29, 0.717) is 11.1 Å². The molecule has 0 heterocycles. The SMILES string of the molecule is O=C(O)c1ccc(Cl)c(N=CC2=C(O)c3ccccc3C2=O)c1. The number of benzene rings is 2. The molecule has 0 radical (unpaired) electrons. The van der Waals surface area contributed by atoms with Crippen LogP contribution < -0.4 is 0 Å². The number of allylic oxidation sites excluding steroid dienone is 1. The molecule has 0 atom stereocenters. The Balaban J connectivity index is 1.99. The molecule has 1 aliphatic carbocycles. The molecule has 0 aliphatic heterocycles. The van der Waals surface area contributed by atoms with Crippen molar-refractivity contribution in [3.05, 3.63) is 69.8 Å². The molecule has 0 saturated heterocycles. The molecule has 6 heteroatoms. The first-order valence-electron chi connectivity index (χ1n) is 6.63. The molecular formula is C17H10ClNO4. The first-order chi connectivity index (χ1) is 11.0. The van der Waals surface area contributed by atoms with Crippen molar-refractivity contribution in [3.63, 3.8) is 0 Å². The molecule has 1 aliphatic rings. The van der Waals surface area contributed by atoms with Crippen molar-refractivity contribution in [1.82, 2.24) is 0 Å². The van der Waals surface area contributed by atoms with E-state index in [0.717, 1.165) is 0 Å². The maximum Gasteiger partial charge on any atom is 0.335 e. The highest BCUT2D eigenvalue weighted by atomic mass is 35.5. The highest BCUT2D eigenvalue weighted by molar-refractivity contribution is 6.34. The summed E-state index contributed by atoms with van der Waals surface area (Å²) in [7, 11) is 0. The number of nitrogens with zero attached hydrogens (tertiary/aromatic N) is 1. The minimum Gasteiger partial charge on any atom is -0.506 e. The summed E-state index contributed by atoms with van der Waals surface area (Å²) >= 11 is 5.98. The fourth-order valence-electron chi connectivity index (χ4n) is 2.28. The van der Waals surface area contributed by atoms with Gasteiger partial charge in [-0.1, -0.05) is 35.9 Å². The molecule has 0 fully saturated rings. The third-order valence-electron chi connectivity index (χ3n) is 3.45. The van der Waals surface area contributed by atoms with Crippen LogP contribution in [0, 0.1) is 0 Å². The molecule has 0 aromatic heterocycles. The van der Waals surface area contributed by atoms with Crippen LogP contribution >= 0.6 is 11.6 Å². The summed E-state index contributed by atoms with van der Waals surface area (Å²) in [5.41, 5.74) is 1.13. The van der Waals surface area contributed by atoms with Gasteiger partial charge in [-0.25, -0.2) is 4.79 Å². The van der Waals surface area contributed by atoms with Crippen molar-refractivity contribution >= 4 is 41.0 Å². The predicted octanol–water partition coefficient (Wildman–Crippen LogP) is 3.91. The lowest BCUT2D eigenvalue weighted by molar-refractivity contribution is 0.0696. The van der Waals surface area contributed by atoms with Gasteiger partial charge in [-0.15, -0.1) is 0 Å². The van der Waals surface area contributed by atoms with E-state index in [1.807, 2.05) is 0 Å². The van der Waals surface area contributed by atoms with Gasteiger partial charge in [0.2, 0.25) is 0 Å². The van der Waals surface area contributed by atoms with E-state index >= 15 is 0 Å². The standard InChI is InChI=1S/C17H10ClNO4/c18-13-6-5-9(17(22)23)7-14(13)19-8-12-15(20)10-3-1-2-4-11(10)16(12)21/h1-8,20H,(H,22,23). The summed E-state index contributed by atoms with van der Waals surface area (Å²) in [5.74, 6) is -1.60. The Morgan fingerprint density at radius 3 is 2.48 bits per heavy atom. The molecule has 2 aromatic rings. The number of fused-ring (bicyclic) bond motifs is 1. The van der Waals surface area contributed by atoms with E-state index in [1.54, 1.807) is 24.3 Å². The van der Waals surface area contributed by atoms with Gasteiger partial charge < -0.3 is 10.2 Å². The van der Waals surface area contributed by atoms with Gasteiger partial charge in [0.25, 0.3) is 0 Å². The molecule has 2 N–H and O–H groups in total. The van der Waals surface area contributed by atoms with Gasteiger partial charge in [-0.05, 0) is 18.2 Å². The van der Waals surface area contributed by atoms with Crippen molar-refractivity contribution in [2.75, 3.05) is 0 Å². The topological polar surface area (TPSA) is 87.0 Å². The summed E-state index contributed by atoms with van der Waals surface area (Å²) in [5, 5.41) is 19.4. The van der Waals surface area contributed by atoms with Crippen molar-refractivity contribution in [2.24, 2.45) is 4.99 Å². The molecule has 114 valence electrons. The van der Waals surface area contributed by atoms with Crippen molar-refractivity contribution < 1.29 is 19.8 Å². The lowest BCUT2D eigenvalue weighted by atomic mass is 10.1. The van der Waals surface area contributed by atoms with Crippen LogP contribution in [0.2, 0.25) is 5.02 Å². The number of ketones is 1. The first-order valence-corrected chi connectivity index (χ1v) is 7.01. The fraction of sp³-hybridized carbons (Fsp3) is 0. The number of Topliss-reactive ketones (excluding diaryl/α,β-unsaturated/α-hetero) is 1. The Morgan fingerprint density at radius 1 is 1.13 bits per heavy atom. The van der Waals surface area contributed by atoms with Crippen molar-refractivity contribution in [3.8, 4) is 0 Å². The van der Waals surface area contributed by atoms with Crippen LogP contribution in [-0.2, 0) is 0 Å². The molecule has 0 spiro atoms. The van der Waals surface area contributed by atoms with Gasteiger partial charge in [0.1, 0.15) is 5.76 Å². The largest absolute Gasteiger partial charge is 0.506 e. The zero-order chi connectivity index (χ0) is 16.6. The van der Waals surface area contributed by atoms with Crippen LogP contribution in [-0.4, -0.2) is 28.2 Å². The van der Waals surface area contributed by atoms with E-state index in [-0.39, 0.29) is 33.4 Å². The number of aliphatic imine (C=N–C) groups is 1. The van der Waals surface area contributed by atoms with Crippen LogP contribution in [0.5, 0.6) is 0 Å². The Hall–Kier alpha value is -2.92. The Labute approximate surface area is 136 Å². The number of carbonyl (C=O) groups excluding carboxylic acids is 1. The van der Waals surface area contributed by atoms with E-state index in [2.05, 4.69) is 4.99 Å². The van der Waals surface area contributed by atoms with E-state index in [4.69, 9.17) is 16.7 Å². The quantitative estimate of drug-likeness (QED) is 0.837. The second-order valence-corrected chi connectivity index (χ2v) is 5.27. The van der Waals surface area contributed by atoms with Crippen LogP contribution in [0.25, 0.3) is 5.76 Å². The number of halogens is 1. The molecule has 0 saturated carbocycles. The third kappa shape index (κ3) is 2.62. The number of carbonyl (C=O) groups is 2. The van der Waals surface area contributed by atoms with Gasteiger partial charge >= 0.3 is 5.97 Å². The normalized spacial score (nSPS) is 13.7. The lowest BCUT2D eigenvalue weighted by Crippen LogP contribution is -2.00. The number of aliphatic hydroxyl groups is 1. The Bertz CT molecular complexity index is 899. The fourth-order valence-corrected chi connectivity index (χ4v) is 2.45. The van der Waals surface area contributed by atoms with Gasteiger partial charge in [0, 0.05) is 17.3 Å². The van der Waals surface area contributed by atoms with Crippen LogP contribution in [0.4, 0.5) is 5.69 Å². The number of hydrogen-bond donors (Lipinski definition) is 2. The monoisotopic (exact) mass is 327 g/mol. The molecule has 0 unspecified atom stereocenters. The number of carboxylic acids is 1. The Kier molecular flexibility index (Phi) is 3.72. The molecule has 0 amide bonds. The number of aliphatic hydroxyl groups excluding tert-OH is 1. The zero-order valence-corrected chi connectivity index (χ0v) is 12.4. The first kappa shape index (κ1) is 15.0. The van der Waals surface area contributed by atoms with Gasteiger partial charge in [-0.2, -0.15) is 0 Å². The van der Waals surface area contributed by atoms with Gasteiger partial charge in [-0.3, -0.25) is 9.79 Å². The van der Waals surface area contributed by atoms with Crippen LogP contribution in [0.3, 0.4) is 0 Å². The molecule has 3 rings (SSSR count). The Morgan fingerprint density at radius 2 is 1.83 bits per heavy atom. The molecule has 2 aromatic carbocycles. The predicted molar refractivity (Wildman–Crippen MR) is 86.9 cm³/mol. The second-order valence-electron chi connectivity index (χ2n) is 4.87. The van der Waals surface area contributed by atoms with E-state index in [9.17, 15) is 14.7 Å². The average Bonchev–Trinajstić information content (AvgIpc) is 2.78. The summed E-state index contributed by atoms with van der Waals surface area (Å²) in [4.78, 5) is 27.3. The lowest BCUT2D eigenvalue weighted by Gasteiger charge is -2.00.